The lowest BCUT2D eigenvalue weighted by Crippen LogP contribution is -1.97. The molecule has 0 saturated carbocycles. The summed E-state index contributed by atoms with van der Waals surface area (Å²) in [7, 11) is 0. The van der Waals surface area contributed by atoms with Crippen molar-refractivity contribution in [3.8, 4) is 11.5 Å². The average molecular weight is 312 g/mol. The Labute approximate surface area is 131 Å². The zero-order chi connectivity index (χ0) is 15.2. The Morgan fingerprint density at radius 1 is 1.00 bits per heavy atom. The third-order valence-corrected chi connectivity index (χ3v) is 3.42. The molecule has 0 aliphatic carbocycles. The van der Waals surface area contributed by atoms with Gasteiger partial charge in [-0.05, 0) is 17.7 Å². The SMILES string of the molecule is O=C(OCc1ccccc1)Sc1nnc(-c2ccccc2)o1. The lowest BCUT2D eigenvalue weighted by atomic mass is 10.2. The van der Waals surface area contributed by atoms with E-state index in [9.17, 15) is 4.79 Å². The number of thioether (sulfide) groups is 1. The Balaban J connectivity index is 1.57. The van der Waals surface area contributed by atoms with Crippen LogP contribution in [0.5, 0.6) is 0 Å². The Morgan fingerprint density at radius 2 is 1.68 bits per heavy atom. The molecule has 0 N–H and O–H groups in total. The van der Waals surface area contributed by atoms with E-state index in [0.29, 0.717) is 5.89 Å². The van der Waals surface area contributed by atoms with Crippen LogP contribution in [0.1, 0.15) is 5.56 Å². The molecule has 0 aliphatic heterocycles. The molecule has 0 saturated heterocycles. The fourth-order valence-electron chi connectivity index (χ4n) is 1.77. The van der Waals surface area contributed by atoms with Crippen molar-refractivity contribution in [3.05, 3.63) is 66.2 Å². The number of nitrogens with zero attached hydrogens (tertiary/aromatic N) is 2. The van der Waals surface area contributed by atoms with E-state index in [1.54, 1.807) is 0 Å². The highest BCUT2D eigenvalue weighted by atomic mass is 32.2. The summed E-state index contributed by atoms with van der Waals surface area (Å²) in [6.45, 7) is 0.215. The van der Waals surface area contributed by atoms with Gasteiger partial charge >= 0.3 is 5.30 Å². The van der Waals surface area contributed by atoms with E-state index in [-0.39, 0.29) is 11.8 Å². The molecule has 0 spiro atoms. The second-order valence-electron chi connectivity index (χ2n) is 4.37. The number of aromatic nitrogens is 2. The van der Waals surface area contributed by atoms with E-state index >= 15 is 0 Å². The van der Waals surface area contributed by atoms with Crippen molar-refractivity contribution in [1.82, 2.24) is 10.2 Å². The predicted octanol–water partition coefficient (Wildman–Crippen LogP) is 4.17. The molecule has 22 heavy (non-hydrogen) atoms. The molecule has 1 heterocycles. The van der Waals surface area contributed by atoms with Crippen molar-refractivity contribution in [2.75, 3.05) is 0 Å². The highest BCUT2D eigenvalue weighted by Crippen LogP contribution is 2.24. The molecule has 3 aromatic rings. The summed E-state index contributed by atoms with van der Waals surface area (Å²) in [4.78, 5) is 11.7. The summed E-state index contributed by atoms with van der Waals surface area (Å²) in [5, 5.41) is 7.43. The van der Waals surface area contributed by atoms with Gasteiger partial charge in [0.2, 0.25) is 5.89 Å². The fraction of sp³-hybridized carbons (Fsp3) is 0.0625. The molecule has 0 bridgehead atoms. The van der Waals surface area contributed by atoms with E-state index in [4.69, 9.17) is 9.15 Å². The first-order valence-corrected chi connectivity index (χ1v) is 7.40. The molecule has 0 unspecified atom stereocenters. The fourth-order valence-corrected chi connectivity index (χ4v) is 2.23. The van der Waals surface area contributed by atoms with Crippen molar-refractivity contribution < 1.29 is 13.9 Å². The monoisotopic (exact) mass is 312 g/mol. The Bertz CT molecular complexity index is 744. The minimum Gasteiger partial charge on any atom is -0.452 e. The maximum Gasteiger partial charge on any atom is 0.377 e. The standard InChI is InChI=1S/C16H12N2O3S/c19-16(20-11-12-7-3-1-4-8-12)22-15-18-17-14(21-15)13-9-5-2-6-10-13/h1-10H,11H2. The topological polar surface area (TPSA) is 65.2 Å². The van der Waals surface area contributed by atoms with Crippen LogP contribution in [0.25, 0.3) is 11.5 Å². The van der Waals surface area contributed by atoms with Gasteiger partial charge in [-0.2, -0.15) is 0 Å². The van der Waals surface area contributed by atoms with E-state index in [0.717, 1.165) is 22.9 Å². The van der Waals surface area contributed by atoms with Crippen LogP contribution in [-0.4, -0.2) is 15.5 Å². The first-order valence-electron chi connectivity index (χ1n) is 6.59. The van der Waals surface area contributed by atoms with Crippen LogP contribution >= 0.6 is 11.8 Å². The highest BCUT2D eigenvalue weighted by Gasteiger charge is 2.14. The Kier molecular flexibility index (Phi) is 4.50. The zero-order valence-corrected chi connectivity index (χ0v) is 12.3. The van der Waals surface area contributed by atoms with Crippen LogP contribution < -0.4 is 0 Å². The van der Waals surface area contributed by atoms with Gasteiger partial charge in [0, 0.05) is 5.56 Å². The number of hydrogen-bond donors (Lipinski definition) is 0. The van der Waals surface area contributed by atoms with Gasteiger partial charge in [0.05, 0.1) is 11.8 Å². The van der Waals surface area contributed by atoms with Crippen molar-refractivity contribution in [1.29, 1.82) is 0 Å². The van der Waals surface area contributed by atoms with Gasteiger partial charge in [0.15, 0.2) is 0 Å². The molecule has 0 fully saturated rings. The van der Waals surface area contributed by atoms with E-state index in [1.165, 1.54) is 0 Å². The first-order chi connectivity index (χ1) is 10.8. The van der Waals surface area contributed by atoms with Gasteiger partial charge < -0.3 is 9.15 Å². The largest absolute Gasteiger partial charge is 0.452 e. The number of ether oxygens (including phenoxy) is 1. The van der Waals surface area contributed by atoms with Gasteiger partial charge in [-0.1, -0.05) is 48.5 Å². The lowest BCUT2D eigenvalue weighted by molar-refractivity contribution is 0.168. The third-order valence-electron chi connectivity index (χ3n) is 2.80. The molecule has 5 nitrogen and oxygen atoms in total. The predicted molar refractivity (Wildman–Crippen MR) is 82.2 cm³/mol. The molecular formula is C16H12N2O3S. The average Bonchev–Trinajstić information content (AvgIpc) is 3.03. The summed E-state index contributed by atoms with van der Waals surface area (Å²) in [6.07, 6.45) is 0. The first kappa shape index (κ1) is 14.3. The molecular weight excluding hydrogens is 300 g/mol. The minimum atomic E-state index is -0.480. The van der Waals surface area contributed by atoms with E-state index in [2.05, 4.69) is 10.2 Å². The van der Waals surface area contributed by atoms with Crippen molar-refractivity contribution in [2.45, 2.75) is 11.8 Å². The normalized spacial score (nSPS) is 10.4. The lowest BCUT2D eigenvalue weighted by Gasteiger charge is -2.01. The molecule has 0 aliphatic rings. The van der Waals surface area contributed by atoms with Crippen LogP contribution in [0, 0.1) is 0 Å². The smallest absolute Gasteiger partial charge is 0.377 e. The second-order valence-corrected chi connectivity index (χ2v) is 5.25. The molecule has 2 aromatic carbocycles. The molecule has 1 aromatic heterocycles. The second kappa shape index (κ2) is 6.91. The number of carbonyl (C=O) groups is 1. The summed E-state index contributed by atoms with van der Waals surface area (Å²) < 4.78 is 10.6. The van der Waals surface area contributed by atoms with Gasteiger partial charge in [-0.15, -0.1) is 10.2 Å². The van der Waals surface area contributed by atoms with E-state index in [1.807, 2.05) is 60.7 Å². The molecule has 0 amide bonds. The van der Waals surface area contributed by atoms with Gasteiger partial charge in [0.1, 0.15) is 6.61 Å². The van der Waals surface area contributed by atoms with Crippen LogP contribution in [0.3, 0.4) is 0 Å². The van der Waals surface area contributed by atoms with Crippen molar-refractivity contribution in [2.24, 2.45) is 0 Å². The number of rotatable bonds is 4. The van der Waals surface area contributed by atoms with Crippen molar-refractivity contribution in [3.63, 3.8) is 0 Å². The van der Waals surface area contributed by atoms with E-state index < -0.39 is 5.30 Å². The highest BCUT2D eigenvalue weighted by molar-refractivity contribution is 8.13. The number of hydrogen-bond acceptors (Lipinski definition) is 6. The number of benzene rings is 2. The summed E-state index contributed by atoms with van der Waals surface area (Å²) in [5.41, 5.74) is 1.73. The maximum atomic E-state index is 11.7. The van der Waals surface area contributed by atoms with Gasteiger partial charge in [-0.3, -0.25) is 0 Å². The summed E-state index contributed by atoms with van der Waals surface area (Å²) >= 11 is 0.777. The van der Waals surface area contributed by atoms with Gasteiger partial charge in [0.25, 0.3) is 5.22 Å². The summed E-state index contributed by atoms with van der Waals surface area (Å²) in [5.74, 6) is 0.374. The van der Waals surface area contributed by atoms with Crippen LogP contribution in [0.15, 0.2) is 70.3 Å². The Morgan fingerprint density at radius 3 is 2.41 bits per heavy atom. The minimum absolute atomic E-state index is 0.164. The molecule has 0 radical (unpaired) electrons. The molecule has 0 atom stereocenters. The summed E-state index contributed by atoms with van der Waals surface area (Å²) in [6, 6.07) is 18.8. The molecule has 110 valence electrons. The van der Waals surface area contributed by atoms with Crippen LogP contribution in [0.4, 0.5) is 4.79 Å². The quantitative estimate of drug-likeness (QED) is 0.532. The third kappa shape index (κ3) is 3.73. The van der Waals surface area contributed by atoms with Crippen LogP contribution in [0.2, 0.25) is 0 Å². The Hall–Kier alpha value is -2.60. The van der Waals surface area contributed by atoms with Crippen LogP contribution in [-0.2, 0) is 11.3 Å². The van der Waals surface area contributed by atoms with Gasteiger partial charge in [-0.25, -0.2) is 4.79 Å². The number of carbonyl (C=O) groups excluding carboxylic acids is 1. The molecule has 6 heteroatoms. The zero-order valence-electron chi connectivity index (χ0n) is 11.5. The van der Waals surface area contributed by atoms with Crippen molar-refractivity contribution >= 4 is 17.1 Å². The maximum absolute atomic E-state index is 11.7. The molecule has 3 rings (SSSR count).